The van der Waals surface area contributed by atoms with Gasteiger partial charge in [-0.05, 0) is 75.3 Å². The summed E-state index contributed by atoms with van der Waals surface area (Å²) in [5.41, 5.74) is 3.50. The number of nitrogens with one attached hydrogen (secondary N) is 4. The number of hydrogen-bond donors (Lipinski definition) is 4. The van der Waals surface area contributed by atoms with E-state index in [1.54, 1.807) is 61.7 Å². The number of fused-ring (bicyclic) bond motifs is 2. The van der Waals surface area contributed by atoms with Gasteiger partial charge in [0.25, 0.3) is 11.8 Å². The van der Waals surface area contributed by atoms with E-state index < -0.39 is 11.9 Å². The van der Waals surface area contributed by atoms with Gasteiger partial charge in [-0.15, -0.1) is 0 Å². The predicted octanol–water partition coefficient (Wildman–Crippen LogP) is 3.42. The van der Waals surface area contributed by atoms with Crippen molar-refractivity contribution in [2.75, 3.05) is 80.5 Å². The van der Waals surface area contributed by atoms with Crippen LogP contribution in [-0.4, -0.2) is 150 Å². The number of anilines is 5. The predicted molar refractivity (Wildman–Crippen MR) is 249 cm³/mol. The number of carbonyl (C=O) groups is 6. The minimum absolute atomic E-state index is 0.0355. The molecule has 1 aromatic heterocycles. The molecule has 67 heavy (non-hydrogen) atoms. The third-order valence-electron chi connectivity index (χ3n) is 14.4. The van der Waals surface area contributed by atoms with Gasteiger partial charge in [0.15, 0.2) is 5.82 Å². The van der Waals surface area contributed by atoms with Crippen molar-refractivity contribution in [3.05, 3.63) is 59.3 Å². The topological polar surface area (TPSA) is 211 Å². The van der Waals surface area contributed by atoms with Gasteiger partial charge in [0, 0.05) is 87.2 Å². The summed E-state index contributed by atoms with van der Waals surface area (Å²) in [6.07, 6.45) is 9.52. The average molecular weight is 920 g/mol. The Kier molecular flexibility index (Phi) is 13.7. The highest BCUT2D eigenvalue weighted by atomic mass is 16.5. The van der Waals surface area contributed by atoms with Gasteiger partial charge in [0.2, 0.25) is 29.6 Å². The van der Waals surface area contributed by atoms with Crippen LogP contribution in [0.1, 0.15) is 97.4 Å². The third-order valence-corrected chi connectivity index (χ3v) is 14.4. The Bertz CT molecular complexity index is 2400. The van der Waals surface area contributed by atoms with Crippen LogP contribution in [0.25, 0.3) is 0 Å². The molecule has 6 heterocycles. The molecule has 0 spiro atoms. The molecule has 5 aliphatic heterocycles. The third kappa shape index (κ3) is 9.54. The molecule has 6 aliphatic rings. The van der Waals surface area contributed by atoms with E-state index in [2.05, 4.69) is 41.0 Å². The standard InChI is InChI=1S/C48H61N11O8/c1-4-36-47(65)55(2)39-27-49-48(54-42(39)59(36)31-8-5-6-9-31)52-35-13-12-29(26-40(35)66-3)43(61)50-30-16-19-56(20-17-30)22-24-67-25-23-57-21-18-37(57)44(62)51-34-11-7-10-32-33(34)28-58(46(32)64)38-14-15-41(60)53-45(38)63/h7,10-13,26-27,30-31,36-38H,4-6,8-9,14-25,28H2,1-3H3,(H,50,61)(H,51,62)(H,49,52,54)(H,53,60,63)/t36-,37+,38?/m1/s1. The van der Waals surface area contributed by atoms with E-state index in [0.29, 0.717) is 71.6 Å². The van der Waals surface area contributed by atoms with Crippen molar-refractivity contribution < 1.29 is 38.2 Å². The van der Waals surface area contributed by atoms with E-state index >= 15 is 0 Å². The summed E-state index contributed by atoms with van der Waals surface area (Å²) in [7, 11) is 3.35. The number of methoxy groups -OCH3 is 1. The molecule has 3 saturated heterocycles. The number of ether oxygens (including phenoxy) is 2. The lowest BCUT2D eigenvalue weighted by Crippen LogP contribution is -2.55. The van der Waals surface area contributed by atoms with Crippen LogP contribution in [0.4, 0.5) is 28.8 Å². The summed E-state index contributed by atoms with van der Waals surface area (Å²) in [4.78, 5) is 96.8. The maximum atomic E-state index is 13.5. The largest absolute Gasteiger partial charge is 0.495 e. The van der Waals surface area contributed by atoms with Gasteiger partial charge in [-0.3, -0.25) is 39.0 Å². The summed E-state index contributed by atoms with van der Waals surface area (Å²) in [6, 6.07) is 9.49. The first-order chi connectivity index (χ1) is 32.5. The van der Waals surface area contributed by atoms with E-state index in [4.69, 9.17) is 14.5 Å². The molecule has 0 radical (unpaired) electrons. The van der Waals surface area contributed by atoms with Gasteiger partial charge >= 0.3 is 0 Å². The molecule has 0 bridgehead atoms. The van der Waals surface area contributed by atoms with Crippen LogP contribution in [-0.2, 0) is 30.5 Å². The van der Waals surface area contributed by atoms with Crippen molar-refractivity contribution >= 4 is 64.3 Å². The number of nitrogens with zero attached hydrogens (tertiary/aromatic N) is 7. The zero-order valence-corrected chi connectivity index (χ0v) is 38.6. The number of carbonyl (C=O) groups excluding carboxylic acids is 6. The molecule has 4 fully saturated rings. The van der Waals surface area contributed by atoms with Gasteiger partial charge in [-0.1, -0.05) is 25.8 Å². The summed E-state index contributed by atoms with van der Waals surface area (Å²) in [5, 5.41) is 11.9. The highest BCUT2D eigenvalue weighted by Gasteiger charge is 2.43. The first-order valence-corrected chi connectivity index (χ1v) is 23.8. The molecule has 19 heteroatoms. The summed E-state index contributed by atoms with van der Waals surface area (Å²) >= 11 is 0. The van der Waals surface area contributed by atoms with Crippen molar-refractivity contribution in [2.45, 2.75) is 108 Å². The second kappa shape index (κ2) is 20.0. The second-order valence-electron chi connectivity index (χ2n) is 18.4. The highest BCUT2D eigenvalue weighted by molar-refractivity contribution is 6.07. The maximum Gasteiger partial charge on any atom is 0.255 e. The van der Waals surface area contributed by atoms with Gasteiger partial charge in [-0.2, -0.15) is 4.98 Å². The molecule has 1 saturated carbocycles. The quantitative estimate of drug-likeness (QED) is 0.120. The van der Waals surface area contributed by atoms with Crippen molar-refractivity contribution in [3.63, 3.8) is 0 Å². The number of benzene rings is 2. The van der Waals surface area contributed by atoms with Crippen molar-refractivity contribution in [3.8, 4) is 5.75 Å². The van der Waals surface area contributed by atoms with E-state index in [-0.39, 0.29) is 73.1 Å². The molecule has 19 nitrogen and oxygen atoms in total. The van der Waals surface area contributed by atoms with E-state index in [0.717, 1.165) is 76.9 Å². The number of likely N-dealkylation sites (tertiary alicyclic amines) is 2. The molecule has 2 aromatic carbocycles. The summed E-state index contributed by atoms with van der Waals surface area (Å²) in [5.74, 6) is 0.287. The number of piperidine rings is 2. The number of amides is 6. The van der Waals surface area contributed by atoms with E-state index in [1.807, 2.05) is 6.92 Å². The van der Waals surface area contributed by atoms with E-state index in [1.165, 1.54) is 4.90 Å². The van der Waals surface area contributed by atoms with Crippen LogP contribution in [0, 0.1) is 0 Å². The lowest BCUT2D eigenvalue weighted by molar-refractivity contribution is -0.137. The summed E-state index contributed by atoms with van der Waals surface area (Å²) < 4.78 is 11.7. The Morgan fingerprint density at radius 3 is 2.45 bits per heavy atom. The molecular weight excluding hydrogens is 859 g/mol. The molecule has 3 atom stereocenters. The van der Waals surface area contributed by atoms with Gasteiger partial charge in [-0.25, -0.2) is 4.98 Å². The first kappa shape index (κ1) is 46.0. The number of aromatic nitrogens is 2. The second-order valence-corrected chi connectivity index (χ2v) is 18.4. The average Bonchev–Trinajstić information content (AvgIpc) is 3.97. The highest BCUT2D eigenvalue weighted by Crippen LogP contribution is 2.41. The van der Waals surface area contributed by atoms with Crippen LogP contribution in [0.15, 0.2) is 42.6 Å². The number of rotatable bonds is 16. The SMILES string of the molecule is CC[C@@H]1C(=O)N(C)c2cnc(Nc3ccc(C(=O)NC4CCN(CCOCCN5CC[C@H]5C(=O)Nc5cccc6c5CN(C5CCC(=O)NC5=O)C6=O)CC4)cc3OC)nc2N1C1CCCC1. The lowest BCUT2D eigenvalue weighted by atomic mass is 10.0. The molecule has 6 amide bonds. The normalized spacial score (nSPS) is 22.6. The van der Waals surface area contributed by atoms with Crippen LogP contribution >= 0.6 is 0 Å². The Morgan fingerprint density at radius 1 is 0.925 bits per heavy atom. The molecule has 1 aliphatic carbocycles. The van der Waals surface area contributed by atoms with Crippen LogP contribution in [0.2, 0.25) is 0 Å². The van der Waals surface area contributed by atoms with E-state index in [9.17, 15) is 28.8 Å². The zero-order chi connectivity index (χ0) is 46.8. The van der Waals surface area contributed by atoms with Crippen LogP contribution in [0.3, 0.4) is 0 Å². The fourth-order valence-electron chi connectivity index (χ4n) is 10.5. The molecule has 356 valence electrons. The summed E-state index contributed by atoms with van der Waals surface area (Å²) in [6.45, 7) is 7.11. The Morgan fingerprint density at radius 2 is 1.72 bits per heavy atom. The van der Waals surface area contributed by atoms with Gasteiger partial charge in [0.1, 0.15) is 23.5 Å². The number of imide groups is 1. The number of likely N-dealkylation sites (N-methyl/N-ethyl adjacent to an activating group) is 1. The zero-order valence-electron chi connectivity index (χ0n) is 38.6. The Balaban J connectivity index is 0.697. The molecule has 9 rings (SSSR count). The van der Waals surface area contributed by atoms with Gasteiger partial charge in [0.05, 0.1) is 38.2 Å². The molecule has 1 unspecified atom stereocenters. The minimum Gasteiger partial charge on any atom is -0.495 e. The monoisotopic (exact) mass is 919 g/mol. The Labute approximate surface area is 390 Å². The smallest absolute Gasteiger partial charge is 0.255 e. The van der Waals surface area contributed by atoms with Crippen molar-refractivity contribution in [1.29, 1.82) is 0 Å². The fourth-order valence-corrected chi connectivity index (χ4v) is 10.5. The molecule has 3 aromatic rings. The maximum absolute atomic E-state index is 13.5. The number of hydrogen-bond acceptors (Lipinski definition) is 14. The fraction of sp³-hybridized carbons (Fsp3) is 0.542. The van der Waals surface area contributed by atoms with Gasteiger partial charge < -0.3 is 45.0 Å². The minimum atomic E-state index is -0.723. The first-order valence-electron chi connectivity index (χ1n) is 23.8. The van der Waals surface area contributed by atoms with Crippen LogP contribution in [0.5, 0.6) is 5.75 Å². The molecular formula is C48H61N11O8. The lowest BCUT2D eigenvalue weighted by Gasteiger charge is -2.43. The van der Waals surface area contributed by atoms with Crippen LogP contribution < -0.4 is 35.8 Å². The van der Waals surface area contributed by atoms with Crippen molar-refractivity contribution in [2.24, 2.45) is 0 Å². The molecule has 4 N–H and O–H groups in total. The van der Waals surface area contributed by atoms with Crippen molar-refractivity contribution in [1.82, 2.24) is 35.3 Å². The Hall–Kier alpha value is -6.18.